The molecule has 0 amide bonds. The minimum absolute atomic E-state index is 0.0745. The third kappa shape index (κ3) is 12.6. The molecule has 31 heavy (non-hydrogen) atoms. The van der Waals surface area contributed by atoms with E-state index in [1.165, 1.54) is 18.4 Å². The zero-order valence-corrected chi connectivity index (χ0v) is 19.9. The van der Waals surface area contributed by atoms with Crippen molar-refractivity contribution in [2.24, 2.45) is 0 Å². The number of carbonyl (C=O) groups excluding carboxylic acids is 1. The minimum atomic E-state index is -0.281. The van der Waals surface area contributed by atoms with Gasteiger partial charge in [0.05, 0.1) is 19.8 Å². The van der Waals surface area contributed by atoms with Gasteiger partial charge in [-0.25, -0.2) is 0 Å². The lowest BCUT2D eigenvalue weighted by Gasteiger charge is -2.26. The fourth-order valence-corrected chi connectivity index (χ4v) is 4.51. The van der Waals surface area contributed by atoms with Gasteiger partial charge in [0.15, 0.2) is 6.29 Å². The number of methoxy groups -OCH3 is 1. The van der Waals surface area contributed by atoms with Gasteiger partial charge >= 0.3 is 5.97 Å². The number of carbonyl (C=O) groups is 1. The molecule has 0 aromatic carbocycles. The molecule has 0 aliphatic carbocycles. The van der Waals surface area contributed by atoms with Crippen LogP contribution in [-0.2, 0) is 25.4 Å². The molecule has 2 heterocycles. The summed E-state index contributed by atoms with van der Waals surface area (Å²) in [6.07, 6.45) is 11.0. The average molecular weight is 456 g/mol. The summed E-state index contributed by atoms with van der Waals surface area (Å²) in [7, 11) is 1.44. The van der Waals surface area contributed by atoms with Crippen LogP contribution >= 0.6 is 11.3 Å². The van der Waals surface area contributed by atoms with Gasteiger partial charge in [-0.05, 0) is 69.4 Å². The Morgan fingerprint density at radius 3 is 2.87 bits per heavy atom. The number of nitrogens with one attached hydrogen (secondary N) is 1. The molecular formula is C24H41NO5S. The van der Waals surface area contributed by atoms with Crippen LogP contribution in [0, 0.1) is 0 Å². The Morgan fingerprint density at radius 2 is 2.13 bits per heavy atom. The largest absolute Gasteiger partial charge is 0.469 e. The van der Waals surface area contributed by atoms with E-state index in [-0.39, 0.29) is 24.4 Å². The summed E-state index contributed by atoms with van der Waals surface area (Å²) in [4.78, 5) is 12.5. The quantitative estimate of drug-likeness (QED) is 0.267. The smallest absolute Gasteiger partial charge is 0.305 e. The summed E-state index contributed by atoms with van der Waals surface area (Å²) in [6, 6.07) is 4.45. The first-order valence-electron chi connectivity index (χ1n) is 11.9. The van der Waals surface area contributed by atoms with Crippen LogP contribution in [0.2, 0.25) is 0 Å². The van der Waals surface area contributed by atoms with Gasteiger partial charge in [0.1, 0.15) is 0 Å². The summed E-state index contributed by atoms with van der Waals surface area (Å²) >= 11 is 1.75. The maximum Gasteiger partial charge on any atom is 0.305 e. The highest BCUT2D eigenvalue weighted by Crippen LogP contribution is 2.16. The van der Waals surface area contributed by atoms with E-state index in [0.717, 1.165) is 77.4 Å². The molecule has 2 rings (SSSR count). The Labute approximate surface area is 191 Å². The van der Waals surface area contributed by atoms with Gasteiger partial charge in [-0.2, -0.15) is 0 Å². The van der Waals surface area contributed by atoms with Gasteiger partial charge in [-0.15, -0.1) is 11.3 Å². The molecule has 1 aliphatic rings. The molecule has 3 atom stereocenters. The molecule has 0 saturated carbocycles. The number of hydrogen-bond donors (Lipinski definition) is 2. The normalized spacial score (nSPS) is 18.6. The number of aryl methyl sites for hydroxylation is 1. The van der Waals surface area contributed by atoms with E-state index in [9.17, 15) is 9.90 Å². The molecule has 1 fully saturated rings. The molecule has 0 bridgehead atoms. The Morgan fingerprint density at radius 1 is 1.26 bits per heavy atom. The van der Waals surface area contributed by atoms with Gasteiger partial charge in [0.25, 0.3) is 0 Å². The van der Waals surface area contributed by atoms with Gasteiger partial charge in [0.2, 0.25) is 0 Å². The molecule has 0 spiro atoms. The zero-order valence-electron chi connectivity index (χ0n) is 19.1. The van der Waals surface area contributed by atoms with Crippen molar-refractivity contribution in [2.45, 2.75) is 95.5 Å². The fraction of sp³-hybridized carbons (Fsp3) is 0.792. The van der Waals surface area contributed by atoms with Crippen molar-refractivity contribution in [3.63, 3.8) is 0 Å². The first-order chi connectivity index (χ1) is 15.2. The van der Waals surface area contributed by atoms with Crippen LogP contribution in [0.15, 0.2) is 17.5 Å². The van der Waals surface area contributed by atoms with Gasteiger partial charge in [-0.1, -0.05) is 25.3 Å². The number of rotatable bonds is 17. The highest BCUT2D eigenvalue weighted by Gasteiger charge is 2.17. The number of aliphatic hydroxyl groups excluding tert-OH is 1. The zero-order chi connectivity index (χ0) is 22.2. The lowest BCUT2D eigenvalue weighted by molar-refractivity contribution is -0.166. The van der Waals surface area contributed by atoms with Crippen molar-refractivity contribution in [1.29, 1.82) is 0 Å². The number of thiophene rings is 1. The van der Waals surface area contributed by atoms with Crippen LogP contribution in [0.1, 0.15) is 75.5 Å². The molecule has 1 aromatic heterocycles. The van der Waals surface area contributed by atoms with Crippen molar-refractivity contribution in [1.82, 2.24) is 5.32 Å². The second kappa shape index (κ2) is 16.6. The predicted molar refractivity (Wildman–Crippen MR) is 124 cm³/mol. The van der Waals surface area contributed by atoms with Crippen molar-refractivity contribution in [2.75, 3.05) is 26.9 Å². The fourth-order valence-electron chi connectivity index (χ4n) is 3.79. The Kier molecular flexibility index (Phi) is 14.1. The van der Waals surface area contributed by atoms with Crippen LogP contribution in [0.4, 0.5) is 0 Å². The van der Waals surface area contributed by atoms with E-state index in [4.69, 9.17) is 9.47 Å². The molecule has 7 heteroatoms. The molecule has 6 nitrogen and oxygen atoms in total. The third-order valence-electron chi connectivity index (χ3n) is 5.75. The molecule has 178 valence electrons. The standard InChI is InChI=1S/C24H41NO5S/c1-28-23(27)11-5-3-2-4-9-20(19-30-24-12-6-7-17-29-24)25-16-15-21(26)13-14-22-10-8-18-31-22/h8,10,18,20-21,24-26H,2-7,9,11-17,19H2,1H3. The lowest BCUT2D eigenvalue weighted by Crippen LogP contribution is -2.37. The number of ether oxygens (including phenoxy) is 3. The van der Waals surface area contributed by atoms with Crippen LogP contribution in [0.5, 0.6) is 0 Å². The molecule has 0 radical (unpaired) electrons. The van der Waals surface area contributed by atoms with Crippen molar-refractivity contribution >= 4 is 17.3 Å². The van der Waals surface area contributed by atoms with Crippen molar-refractivity contribution in [3.8, 4) is 0 Å². The van der Waals surface area contributed by atoms with E-state index >= 15 is 0 Å². The minimum Gasteiger partial charge on any atom is -0.469 e. The number of unbranched alkanes of at least 4 members (excludes halogenated alkanes) is 3. The second-order valence-electron chi connectivity index (χ2n) is 8.37. The highest BCUT2D eigenvalue weighted by atomic mass is 32.1. The third-order valence-corrected chi connectivity index (χ3v) is 6.68. The molecule has 3 unspecified atom stereocenters. The summed E-state index contributed by atoms with van der Waals surface area (Å²) in [6.45, 7) is 2.21. The lowest BCUT2D eigenvalue weighted by atomic mass is 10.1. The van der Waals surface area contributed by atoms with Crippen molar-refractivity contribution < 1.29 is 24.1 Å². The summed E-state index contributed by atoms with van der Waals surface area (Å²) in [5, 5.41) is 16.0. The highest BCUT2D eigenvalue weighted by molar-refractivity contribution is 7.09. The first-order valence-corrected chi connectivity index (χ1v) is 12.8. The van der Waals surface area contributed by atoms with E-state index in [1.807, 2.05) is 0 Å². The number of hydrogen-bond acceptors (Lipinski definition) is 7. The van der Waals surface area contributed by atoms with E-state index in [1.54, 1.807) is 11.3 Å². The molecule has 1 saturated heterocycles. The maximum absolute atomic E-state index is 11.2. The summed E-state index contributed by atoms with van der Waals surface area (Å²) in [5.74, 6) is -0.127. The van der Waals surface area contributed by atoms with Crippen molar-refractivity contribution in [3.05, 3.63) is 22.4 Å². The van der Waals surface area contributed by atoms with Crippen LogP contribution in [0.25, 0.3) is 0 Å². The molecule has 2 N–H and O–H groups in total. The molecular weight excluding hydrogens is 414 g/mol. The predicted octanol–water partition coefficient (Wildman–Crippen LogP) is 4.45. The summed E-state index contributed by atoms with van der Waals surface area (Å²) in [5.41, 5.74) is 0. The van der Waals surface area contributed by atoms with Crippen LogP contribution in [-0.4, -0.2) is 56.4 Å². The first kappa shape index (κ1) is 26.3. The Bertz CT molecular complexity index is 562. The van der Waals surface area contributed by atoms with Gasteiger partial charge < -0.3 is 24.6 Å². The van der Waals surface area contributed by atoms with Crippen LogP contribution < -0.4 is 5.32 Å². The topological polar surface area (TPSA) is 77.0 Å². The Hall–Kier alpha value is -0.990. The van der Waals surface area contributed by atoms with E-state index in [0.29, 0.717) is 13.0 Å². The average Bonchev–Trinajstić information content (AvgIpc) is 3.32. The Balaban J connectivity index is 1.62. The van der Waals surface area contributed by atoms with Gasteiger partial charge in [-0.3, -0.25) is 4.79 Å². The number of aliphatic hydroxyl groups is 1. The maximum atomic E-state index is 11.2. The number of esters is 1. The molecule has 1 aromatic rings. The van der Waals surface area contributed by atoms with E-state index in [2.05, 4.69) is 27.6 Å². The monoisotopic (exact) mass is 455 g/mol. The van der Waals surface area contributed by atoms with E-state index < -0.39 is 0 Å². The summed E-state index contributed by atoms with van der Waals surface area (Å²) < 4.78 is 16.4. The van der Waals surface area contributed by atoms with Crippen LogP contribution in [0.3, 0.4) is 0 Å². The SMILES string of the molecule is COC(=O)CCCCCCC(COC1CCCCO1)NCCC(O)CCc1cccs1. The van der Waals surface area contributed by atoms with Gasteiger partial charge in [0, 0.05) is 23.9 Å². The molecule has 1 aliphatic heterocycles. The second-order valence-corrected chi connectivity index (χ2v) is 9.40.